The molecule has 2 aromatic carbocycles. The third kappa shape index (κ3) is 6.29. The zero-order chi connectivity index (χ0) is 31.5. The van der Waals surface area contributed by atoms with Gasteiger partial charge in [0, 0.05) is 55.0 Å². The highest BCUT2D eigenvalue weighted by molar-refractivity contribution is 6.36. The van der Waals surface area contributed by atoms with Crippen molar-refractivity contribution in [1.82, 2.24) is 29.9 Å². The summed E-state index contributed by atoms with van der Waals surface area (Å²) >= 11 is 12.9. The second-order valence-electron chi connectivity index (χ2n) is 11.0. The Labute approximate surface area is 271 Å². The fourth-order valence-electron chi connectivity index (χ4n) is 6.01. The summed E-state index contributed by atoms with van der Waals surface area (Å²) in [6.45, 7) is 8.00. The van der Waals surface area contributed by atoms with E-state index >= 15 is 0 Å². The number of nitrogens with zero attached hydrogens (tertiary/aromatic N) is 8. The Kier molecular flexibility index (Phi) is 9.12. The number of hydrogen-bond acceptors (Lipinski definition) is 8. The normalized spacial score (nSPS) is 14.8. The summed E-state index contributed by atoms with van der Waals surface area (Å²) in [5.41, 5.74) is 4.38. The van der Waals surface area contributed by atoms with Crippen LogP contribution in [-0.4, -0.2) is 56.0 Å². The number of anilines is 3. The number of likely N-dealkylation sites (tertiary alicyclic amines) is 1. The van der Waals surface area contributed by atoms with Gasteiger partial charge >= 0.3 is 0 Å². The van der Waals surface area contributed by atoms with E-state index in [-0.39, 0.29) is 17.1 Å². The fraction of sp³-hybridized carbons (Fsp3) is 0.303. The van der Waals surface area contributed by atoms with Gasteiger partial charge in [-0.05, 0) is 68.3 Å². The predicted molar refractivity (Wildman–Crippen MR) is 176 cm³/mol. The van der Waals surface area contributed by atoms with Crippen LogP contribution in [0.4, 0.5) is 21.5 Å². The zero-order valence-corrected chi connectivity index (χ0v) is 26.5. The summed E-state index contributed by atoms with van der Waals surface area (Å²) in [5.74, 6) is -0.531. The van der Waals surface area contributed by atoms with Gasteiger partial charge < -0.3 is 15.1 Å². The Morgan fingerprint density at radius 2 is 1.93 bits per heavy atom. The van der Waals surface area contributed by atoms with Crippen LogP contribution in [0.15, 0.2) is 67.3 Å². The van der Waals surface area contributed by atoms with Crippen molar-refractivity contribution in [1.29, 1.82) is 5.26 Å². The molecule has 5 aromatic rings. The number of aromatic nitrogens is 5. The molecule has 1 aliphatic heterocycles. The van der Waals surface area contributed by atoms with Gasteiger partial charge in [0.15, 0.2) is 0 Å². The largest absolute Gasteiger partial charge is 0.359 e. The molecule has 0 saturated carbocycles. The molecule has 230 valence electrons. The molecule has 1 saturated heterocycles. The lowest BCUT2D eigenvalue weighted by molar-refractivity contribution is 0.186. The maximum atomic E-state index is 13.9. The maximum Gasteiger partial charge on any atom is 0.141 e. The number of rotatable bonds is 9. The molecule has 0 aliphatic carbocycles. The standard InChI is InChI=1S/C33H32Cl2FN9/c1-3-43-12-9-24(10-13-43)45-20-30(41-42-45)33(21-6-5-11-38-18-21)44(4-2)25-15-26-31(40-23-7-8-29(36)27(34)14-23)22(17-37)19-39-32(26)28(35)16-25/h5-8,11,14-16,18-20,24,33H,3-4,9-10,12-13H2,1-2H3,(H,39,40)/t33-/m0/s1. The summed E-state index contributed by atoms with van der Waals surface area (Å²) in [4.78, 5) is 13.6. The first-order chi connectivity index (χ1) is 21.9. The van der Waals surface area contributed by atoms with Crippen molar-refractivity contribution in [3.63, 3.8) is 0 Å². The van der Waals surface area contributed by atoms with E-state index in [2.05, 4.69) is 61.5 Å². The summed E-state index contributed by atoms with van der Waals surface area (Å²) in [7, 11) is 0. The average molecular weight is 645 g/mol. The van der Waals surface area contributed by atoms with Gasteiger partial charge in [0.2, 0.25) is 0 Å². The van der Waals surface area contributed by atoms with Gasteiger partial charge in [-0.15, -0.1) is 5.10 Å². The molecule has 0 amide bonds. The first-order valence-corrected chi connectivity index (χ1v) is 15.7. The Bertz CT molecular complexity index is 1850. The summed E-state index contributed by atoms with van der Waals surface area (Å²) < 4.78 is 15.9. The quantitative estimate of drug-likeness (QED) is 0.176. The van der Waals surface area contributed by atoms with Gasteiger partial charge in [0.25, 0.3) is 0 Å². The van der Waals surface area contributed by atoms with Gasteiger partial charge in [-0.3, -0.25) is 9.97 Å². The van der Waals surface area contributed by atoms with Gasteiger partial charge in [-0.25, -0.2) is 9.07 Å². The molecule has 0 bridgehead atoms. The maximum absolute atomic E-state index is 13.9. The second kappa shape index (κ2) is 13.4. The number of pyridine rings is 2. The highest BCUT2D eigenvalue weighted by Crippen LogP contribution is 2.40. The smallest absolute Gasteiger partial charge is 0.141 e. The average Bonchev–Trinajstić information content (AvgIpc) is 3.55. The Morgan fingerprint density at radius 1 is 1.11 bits per heavy atom. The fourth-order valence-corrected chi connectivity index (χ4v) is 6.45. The lowest BCUT2D eigenvalue weighted by Gasteiger charge is -2.32. The van der Waals surface area contributed by atoms with Crippen LogP contribution in [0, 0.1) is 17.1 Å². The first-order valence-electron chi connectivity index (χ1n) is 14.9. The van der Waals surface area contributed by atoms with Crippen LogP contribution in [0.25, 0.3) is 10.9 Å². The molecule has 1 fully saturated rings. The van der Waals surface area contributed by atoms with Crippen molar-refractivity contribution >= 4 is 51.2 Å². The first kappa shape index (κ1) is 30.7. The minimum absolute atomic E-state index is 0.0315. The highest BCUT2D eigenvalue weighted by atomic mass is 35.5. The number of nitriles is 1. The Morgan fingerprint density at radius 3 is 2.62 bits per heavy atom. The van der Waals surface area contributed by atoms with E-state index in [0.29, 0.717) is 39.4 Å². The molecule has 6 rings (SSSR count). The molecule has 9 nitrogen and oxygen atoms in total. The summed E-state index contributed by atoms with van der Waals surface area (Å²) in [5, 5.41) is 23.5. The van der Waals surface area contributed by atoms with Gasteiger partial charge in [0.05, 0.1) is 39.1 Å². The minimum atomic E-state index is -0.531. The number of halogens is 3. The molecule has 0 unspecified atom stereocenters. The van der Waals surface area contributed by atoms with E-state index in [9.17, 15) is 9.65 Å². The van der Waals surface area contributed by atoms with E-state index in [1.165, 1.54) is 18.3 Å². The van der Waals surface area contributed by atoms with Crippen molar-refractivity contribution in [3.8, 4) is 6.07 Å². The Balaban J connectivity index is 1.44. The number of fused-ring (bicyclic) bond motifs is 1. The van der Waals surface area contributed by atoms with Crippen molar-refractivity contribution in [2.24, 2.45) is 0 Å². The molecule has 4 heterocycles. The van der Waals surface area contributed by atoms with Crippen LogP contribution in [-0.2, 0) is 0 Å². The van der Waals surface area contributed by atoms with Gasteiger partial charge in [0.1, 0.15) is 23.6 Å². The van der Waals surface area contributed by atoms with E-state index in [1.54, 1.807) is 12.3 Å². The number of piperidine rings is 1. The van der Waals surface area contributed by atoms with Crippen LogP contribution in [0.5, 0.6) is 0 Å². The zero-order valence-electron chi connectivity index (χ0n) is 25.0. The van der Waals surface area contributed by atoms with Crippen LogP contribution in [0.2, 0.25) is 10.0 Å². The van der Waals surface area contributed by atoms with Crippen LogP contribution in [0.3, 0.4) is 0 Å². The molecule has 1 aliphatic rings. The van der Waals surface area contributed by atoms with Gasteiger partial charge in [-0.1, -0.05) is 41.4 Å². The molecule has 12 heteroatoms. The van der Waals surface area contributed by atoms with Crippen LogP contribution in [0.1, 0.15) is 55.6 Å². The number of hydrogen-bond donors (Lipinski definition) is 1. The molecular formula is C33H32Cl2FN9. The Hall–Kier alpha value is -4.30. The molecule has 0 radical (unpaired) electrons. The third-order valence-electron chi connectivity index (χ3n) is 8.39. The molecule has 3 aromatic heterocycles. The summed E-state index contributed by atoms with van der Waals surface area (Å²) in [6.07, 6.45) is 9.16. The lowest BCUT2D eigenvalue weighted by atomic mass is 10.0. The van der Waals surface area contributed by atoms with Crippen molar-refractivity contribution < 1.29 is 4.39 Å². The van der Waals surface area contributed by atoms with E-state index in [1.807, 2.05) is 35.1 Å². The third-order valence-corrected chi connectivity index (χ3v) is 8.97. The molecule has 1 N–H and O–H groups in total. The number of benzene rings is 2. The summed E-state index contributed by atoms with van der Waals surface area (Å²) in [6, 6.07) is 14.3. The second-order valence-corrected chi connectivity index (χ2v) is 11.8. The van der Waals surface area contributed by atoms with Crippen molar-refractivity contribution in [3.05, 3.63) is 99.9 Å². The van der Waals surface area contributed by atoms with Crippen molar-refractivity contribution in [2.45, 2.75) is 38.8 Å². The minimum Gasteiger partial charge on any atom is -0.359 e. The van der Waals surface area contributed by atoms with Crippen LogP contribution < -0.4 is 10.2 Å². The molecule has 45 heavy (non-hydrogen) atoms. The van der Waals surface area contributed by atoms with Gasteiger partial charge in [-0.2, -0.15) is 5.26 Å². The SMILES string of the molecule is CCN1CCC(n2cc([C@H](c3cccnc3)N(CC)c3cc(Cl)c4ncc(C#N)c(Nc5ccc(F)c(Cl)c5)c4c3)nn2)CC1. The van der Waals surface area contributed by atoms with E-state index < -0.39 is 5.82 Å². The van der Waals surface area contributed by atoms with Crippen LogP contribution >= 0.6 is 23.2 Å². The highest BCUT2D eigenvalue weighted by Gasteiger charge is 2.28. The van der Waals surface area contributed by atoms with E-state index in [0.717, 1.165) is 49.4 Å². The predicted octanol–water partition coefficient (Wildman–Crippen LogP) is 7.56. The van der Waals surface area contributed by atoms with E-state index in [4.69, 9.17) is 23.2 Å². The van der Waals surface area contributed by atoms with Crippen molar-refractivity contribution in [2.75, 3.05) is 36.4 Å². The molecule has 0 spiro atoms. The monoisotopic (exact) mass is 643 g/mol. The molecular weight excluding hydrogens is 612 g/mol. The molecule has 1 atom stereocenters. The lowest BCUT2D eigenvalue weighted by Crippen LogP contribution is -2.34. The topological polar surface area (TPSA) is 98.8 Å². The number of nitrogens with one attached hydrogen (secondary N) is 1.